The third kappa shape index (κ3) is 9.25. The lowest BCUT2D eigenvalue weighted by molar-refractivity contribution is -0.255. The molecule has 4 aromatic carbocycles. The van der Waals surface area contributed by atoms with E-state index < -0.39 is 17.7 Å². The van der Waals surface area contributed by atoms with E-state index in [0.717, 1.165) is 12.1 Å². The molecule has 0 saturated heterocycles. The summed E-state index contributed by atoms with van der Waals surface area (Å²) >= 11 is 0. The van der Waals surface area contributed by atoms with Gasteiger partial charge < -0.3 is 9.90 Å². The average molecular weight is 621 g/mol. The molecule has 0 heterocycles. The number of hydrogen-bond donors (Lipinski definition) is 0. The van der Waals surface area contributed by atoms with Crippen LogP contribution in [-0.4, -0.2) is 5.97 Å². The Labute approximate surface area is 263 Å². The van der Waals surface area contributed by atoms with Crippen LogP contribution >= 0.6 is 0 Å². The standard InChI is InChI=1S/C30H39S.C8H5F3O2/c1-28(2,3)22-10-16-25(17-11-22)31(26-18-12-23(13-19-26)29(4,5)6)27-20-14-24(15-21-27)30(7,8)9;9-8(10,11)6-3-1-5(2-4-6)7(12)13/h10-21H,1-9H3;1-4H,(H,12,13)/q+1;/p-1. The predicted octanol–water partition coefficient (Wildman–Crippen LogP) is 9.74. The van der Waals surface area contributed by atoms with Gasteiger partial charge in [0.25, 0.3) is 0 Å². The number of alkyl halides is 3. The van der Waals surface area contributed by atoms with Crippen LogP contribution in [-0.2, 0) is 33.3 Å². The quantitative estimate of drug-likeness (QED) is 0.213. The molecule has 0 unspecified atom stereocenters. The summed E-state index contributed by atoms with van der Waals surface area (Å²) in [6.07, 6.45) is -4.44. The van der Waals surface area contributed by atoms with E-state index in [-0.39, 0.29) is 32.7 Å². The second-order valence-electron chi connectivity index (χ2n) is 14.0. The Balaban J connectivity index is 0.000000340. The monoisotopic (exact) mass is 620 g/mol. The molecule has 0 fully saturated rings. The molecule has 0 saturated carbocycles. The topological polar surface area (TPSA) is 40.1 Å². The number of carbonyl (C=O) groups is 1. The van der Waals surface area contributed by atoms with Crippen LogP contribution in [0.25, 0.3) is 0 Å². The van der Waals surface area contributed by atoms with Gasteiger partial charge in [0.15, 0.2) is 14.7 Å². The zero-order valence-electron chi connectivity index (χ0n) is 27.1. The molecule has 44 heavy (non-hydrogen) atoms. The minimum Gasteiger partial charge on any atom is -0.545 e. The van der Waals surface area contributed by atoms with E-state index in [2.05, 4.69) is 135 Å². The van der Waals surface area contributed by atoms with E-state index in [0.29, 0.717) is 12.1 Å². The van der Waals surface area contributed by atoms with E-state index in [1.165, 1.54) is 31.4 Å². The lowest BCUT2D eigenvalue weighted by atomic mass is 9.87. The average Bonchev–Trinajstić information content (AvgIpc) is 2.93. The summed E-state index contributed by atoms with van der Waals surface area (Å²) in [6.45, 7) is 20.5. The van der Waals surface area contributed by atoms with Gasteiger partial charge in [0.1, 0.15) is 0 Å². The Kier molecular flexibility index (Phi) is 10.5. The molecule has 0 radical (unpaired) electrons. The summed E-state index contributed by atoms with van der Waals surface area (Å²) in [5.74, 6) is -1.49. The second-order valence-corrected chi connectivity index (χ2v) is 16.0. The van der Waals surface area contributed by atoms with Gasteiger partial charge in [0.05, 0.1) is 22.4 Å². The minimum absolute atomic E-state index is 0.120. The smallest absolute Gasteiger partial charge is 0.416 e. The molecule has 0 aromatic heterocycles. The largest absolute Gasteiger partial charge is 0.545 e. The van der Waals surface area contributed by atoms with Crippen molar-refractivity contribution in [3.63, 3.8) is 0 Å². The summed E-state index contributed by atoms with van der Waals surface area (Å²) in [6, 6.07) is 31.0. The van der Waals surface area contributed by atoms with E-state index in [4.69, 9.17) is 0 Å². The zero-order valence-corrected chi connectivity index (χ0v) is 27.9. The molecule has 4 aromatic rings. The van der Waals surface area contributed by atoms with Crippen molar-refractivity contribution in [3.8, 4) is 0 Å². The van der Waals surface area contributed by atoms with Crippen molar-refractivity contribution in [1.82, 2.24) is 0 Å². The normalized spacial score (nSPS) is 12.5. The van der Waals surface area contributed by atoms with Crippen LogP contribution < -0.4 is 5.11 Å². The van der Waals surface area contributed by atoms with Crippen LogP contribution in [0.5, 0.6) is 0 Å². The van der Waals surface area contributed by atoms with Gasteiger partial charge >= 0.3 is 6.18 Å². The van der Waals surface area contributed by atoms with Crippen molar-refractivity contribution in [3.05, 3.63) is 125 Å². The molecule has 0 amide bonds. The van der Waals surface area contributed by atoms with E-state index in [9.17, 15) is 23.1 Å². The summed E-state index contributed by atoms with van der Waals surface area (Å²) < 4.78 is 35.9. The molecule has 0 spiro atoms. The number of aromatic carboxylic acids is 1. The highest BCUT2D eigenvalue weighted by Crippen LogP contribution is 2.35. The first-order chi connectivity index (χ1) is 20.2. The maximum Gasteiger partial charge on any atom is 0.416 e. The molecular formula is C38H43F3O2S. The van der Waals surface area contributed by atoms with E-state index in [1.807, 2.05) is 0 Å². The first-order valence-corrected chi connectivity index (χ1v) is 15.8. The van der Waals surface area contributed by atoms with E-state index in [1.54, 1.807) is 0 Å². The van der Waals surface area contributed by atoms with Crippen LogP contribution in [0.2, 0.25) is 0 Å². The van der Waals surface area contributed by atoms with Gasteiger partial charge in [-0.2, -0.15) is 13.2 Å². The Hall–Kier alpha value is -3.51. The molecule has 4 rings (SSSR count). The zero-order chi connectivity index (χ0) is 33.1. The van der Waals surface area contributed by atoms with Crippen molar-refractivity contribution in [1.29, 1.82) is 0 Å². The fourth-order valence-corrected chi connectivity index (χ4v) is 6.52. The highest BCUT2D eigenvalue weighted by atomic mass is 32.2. The van der Waals surface area contributed by atoms with Crippen molar-refractivity contribution in [2.75, 3.05) is 0 Å². The summed E-state index contributed by atoms with van der Waals surface area (Å²) in [7, 11) is -0.120. The molecule has 0 atom stereocenters. The number of benzene rings is 4. The molecule has 2 nitrogen and oxygen atoms in total. The van der Waals surface area contributed by atoms with Gasteiger partial charge in [-0.15, -0.1) is 0 Å². The SMILES string of the molecule is CC(C)(C)c1ccc([S+](c2ccc(C(C)(C)C)cc2)c2ccc(C(C)(C)C)cc2)cc1.O=C([O-])c1ccc(C(F)(F)F)cc1. The van der Waals surface area contributed by atoms with E-state index >= 15 is 0 Å². The van der Waals surface area contributed by atoms with Crippen molar-refractivity contribution < 1.29 is 23.1 Å². The Bertz CT molecular complexity index is 1380. The number of carbonyl (C=O) groups excluding carboxylic acids is 1. The maximum absolute atomic E-state index is 12.0. The molecule has 0 aliphatic rings. The molecule has 0 aliphatic heterocycles. The van der Waals surface area contributed by atoms with Crippen molar-refractivity contribution >= 4 is 16.9 Å². The highest BCUT2D eigenvalue weighted by Gasteiger charge is 2.31. The minimum atomic E-state index is -4.44. The Morgan fingerprint density at radius 3 is 0.932 bits per heavy atom. The third-order valence-electron chi connectivity index (χ3n) is 7.32. The number of carboxylic acids is 1. The van der Waals surface area contributed by atoms with Crippen LogP contribution in [0, 0.1) is 0 Å². The van der Waals surface area contributed by atoms with Gasteiger partial charge in [-0.05, 0) is 87.0 Å². The maximum atomic E-state index is 12.0. The number of halogens is 3. The molecule has 234 valence electrons. The number of carboxylic acid groups (broad SMARTS) is 1. The first kappa shape index (κ1) is 35.0. The molecule has 0 N–H and O–H groups in total. The lowest BCUT2D eigenvalue weighted by Crippen LogP contribution is -2.22. The lowest BCUT2D eigenvalue weighted by Gasteiger charge is -2.21. The van der Waals surface area contributed by atoms with Crippen LogP contribution in [0.4, 0.5) is 13.2 Å². The fraction of sp³-hybridized carbons (Fsp3) is 0.342. The first-order valence-electron chi connectivity index (χ1n) is 14.6. The molecular weight excluding hydrogens is 577 g/mol. The Morgan fingerprint density at radius 1 is 0.477 bits per heavy atom. The summed E-state index contributed by atoms with van der Waals surface area (Å²) in [5.41, 5.74) is 3.49. The van der Waals surface area contributed by atoms with Crippen LogP contribution in [0.3, 0.4) is 0 Å². The molecule has 0 bridgehead atoms. The van der Waals surface area contributed by atoms with Crippen molar-refractivity contribution in [2.24, 2.45) is 0 Å². The molecule has 0 aliphatic carbocycles. The van der Waals surface area contributed by atoms with Gasteiger partial charge in [0.2, 0.25) is 0 Å². The van der Waals surface area contributed by atoms with Crippen LogP contribution in [0.15, 0.2) is 112 Å². The highest BCUT2D eigenvalue weighted by molar-refractivity contribution is 7.97. The van der Waals surface area contributed by atoms with Gasteiger partial charge in [-0.25, -0.2) is 0 Å². The fourth-order valence-electron chi connectivity index (χ4n) is 4.48. The number of rotatable bonds is 4. The van der Waals surface area contributed by atoms with Gasteiger partial charge in [-0.1, -0.05) is 111 Å². The predicted molar refractivity (Wildman–Crippen MR) is 173 cm³/mol. The Morgan fingerprint density at radius 2 is 0.727 bits per heavy atom. The van der Waals surface area contributed by atoms with Gasteiger partial charge in [0, 0.05) is 0 Å². The van der Waals surface area contributed by atoms with Crippen LogP contribution in [0.1, 0.15) is 94.9 Å². The summed E-state index contributed by atoms with van der Waals surface area (Å²) in [4.78, 5) is 14.3. The van der Waals surface area contributed by atoms with Gasteiger partial charge in [-0.3, -0.25) is 0 Å². The third-order valence-corrected chi connectivity index (χ3v) is 9.55. The second kappa shape index (κ2) is 13.2. The van der Waals surface area contributed by atoms with Crippen molar-refractivity contribution in [2.45, 2.75) is 99.4 Å². The summed E-state index contributed by atoms with van der Waals surface area (Å²) in [5, 5.41) is 10.2. The molecule has 6 heteroatoms. The number of hydrogen-bond acceptors (Lipinski definition) is 2.